The zero-order valence-corrected chi connectivity index (χ0v) is 29.6. The lowest BCUT2D eigenvalue weighted by atomic mass is 9.69. The van der Waals surface area contributed by atoms with Crippen molar-refractivity contribution in [3.63, 3.8) is 0 Å². The highest BCUT2D eigenvalue weighted by atomic mass is 19.4. The number of halogens is 4. The van der Waals surface area contributed by atoms with Gasteiger partial charge in [0, 0.05) is 32.0 Å². The summed E-state index contributed by atoms with van der Waals surface area (Å²) in [6, 6.07) is 8.89. The van der Waals surface area contributed by atoms with E-state index < -0.39 is 56.8 Å². The van der Waals surface area contributed by atoms with Crippen LogP contribution in [0.15, 0.2) is 66.0 Å². The molecule has 0 heterocycles. The van der Waals surface area contributed by atoms with Crippen molar-refractivity contribution >= 4 is 23.4 Å². The fraction of sp³-hybridized carbons (Fsp3) is 0.459. The van der Waals surface area contributed by atoms with Crippen LogP contribution < -0.4 is 5.43 Å². The summed E-state index contributed by atoms with van der Waals surface area (Å²) in [6.45, 7) is 12.0. The molecule has 0 fully saturated rings. The number of carbonyl (C=O) groups excluding carboxylic acids is 4. The van der Waals surface area contributed by atoms with Gasteiger partial charge in [0.25, 0.3) is 11.8 Å². The maximum Gasteiger partial charge on any atom is 0.417 e. The first-order valence-corrected chi connectivity index (χ1v) is 15.9. The van der Waals surface area contributed by atoms with Crippen LogP contribution in [0.2, 0.25) is 0 Å². The number of nitrogens with zero attached hydrogens (tertiary/aromatic N) is 3. The van der Waals surface area contributed by atoms with Gasteiger partial charge in [-0.2, -0.15) is 13.2 Å². The third-order valence-electron chi connectivity index (χ3n) is 9.82. The van der Waals surface area contributed by atoms with Crippen molar-refractivity contribution in [3.8, 4) is 0 Å². The highest BCUT2D eigenvalue weighted by Gasteiger charge is 2.49. The molecule has 2 aliphatic rings. The normalized spacial score (nSPS) is 23.3. The monoisotopic (exact) mass is 684 g/mol. The van der Waals surface area contributed by atoms with E-state index in [2.05, 4.69) is 5.43 Å². The Labute approximate surface area is 284 Å². The largest absolute Gasteiger partial charge is 0.417 e. The van der Waals surface area contributed by atoms with E-state index in [4.69, 9.17) is 0 Å². The number of nitrogens with one attached hydrogen (secondary N) is 1. The average Bonchev–Trinajstić information content (AvgIpc) is 2.99. The highest BCUT2D eigenvalue weighted by molar-refractivity contribution is 6.03. The van der Waals surface area contributed by atoms with Gasteiger partial charge in [0.2, 0.25) is 0 Å². The van der Waals surface area contributed by atoms with E-state index in [1.54, 1.807) is 67.7 Å². The van der Waals surface area contributed by atoms with Crippen molar-refractivity contribution in [1.29, 1.82) is 0 Å². The molecule has 0 spiro atoms. The minimum Gasteiger partial charge on any atom is -0.333 e. The second kappa shape index (κ2) is 12.4. The molecule has 0 aromatic heterocycles. The van der Waals surface area contributed by atoms with Crippen molar-refractivity contribution < 1.29 is 36.7 Å². The van der Waals surface area contributed by atoms with Crippen LogP contribution in [-0.2, 0) is 15.8 Å². The van der Waals surface area contributed by atoms with Crippen LogP contribution >= 0.6 is 0 Å². The van der Waals surface area contributed by atoms with Gasteiger partial charge in [-0.1, -0.05) is 45.9 Å². The molecule has 49 heavy (non-hydrogen) atoms. The van der Waals surface area contributed by atoms with Gasteiger partial charge in [-0.15, -0.1) is 0 Å². The number of Topliss-reactive ketones (excluding diaryl/α,β-unsaturated/α-hetero) is 2. The third-order valence-corrected chi connectivity index (χ3v) is 9.82. The quantitative estimate of drug-likeness (QED) is 0.258. The number of alkyl halides is 3. The van der Waals surface area contributed by atoms with Crippen molar-refractivity contribution in [2.45, 2.75) is 78.6 Å². The molecule has 2 aromatic rings. The van der Waals surface area contributed by atoms with Crippen LogP contribution in [0, 0.1) is 23.6 Å². The molecule has 8 nitrogen and oxygen atoms in total. The Morgan fingerprint density at radius 2 is 1.27 bits per heavy atom. The number of ketones is 2. The molecular weight excluding hydrogens is 640 g/mol. The summed E-state index contributed by atoms with van der Waals surface area (Å²) in [5.41, 5.74) is -2.16. The number of carbonyl (C=O) groups is 4. The summed E-state index contributed by atoms with van der Waals surface area (Å²) in [4.78, 5) is 57.3. The number of allylic oxidation sites excluding steroid dienone is 2. The maximum absolute atomic E-state index is 14.8. The molecule has 0 saturated carbocycles. The lowest BCUT2D eigenvalue weighted by molar-refractivity contribution is -0.138. The number of hydrazine groups is 1. The van der Waals surface area contributed by atoms with E-state index in [1.807, 2.05) is 0 Å². The van der Waals surface area contributed by atoms with Gasteiger partial charge in [-0.3, -0.25) is 29.6 Å². The molecular formula is C37H44F4N4O4. The van der Waals surface area contributed by atoms with Gasteiger partial charge in [0.1, 0.15) is 5.82 Å². The first kappa shape index (κ1) is 37.3. The van der Waals surface area contributed by atoms with Crippen LogP contribution in [0.3, 0.4) is 0 Å². The second-order valence-electron chi connectivity index (χ2n) is 15.0. The minimum absolute atomic E-state index is 0.0370. The number of hydrogen-bond acceptors (Lipinski definition) is 6. The Bertz CT molecular complexity index is 1780. The molecule has 1 N–H and O–H groups in total. The Morgan fingerprint density at radius 3 is 1.82 bits per heavy atom. The number of aryl methyl sites for hydroxylation is 1. The molecule has 2 amide bonds. The second-order valence-corrected chi connectivity index (χ2v) is 15.0. The topological polar surface area (TPSA) is 90.0 Å². The number of benzene rings is 2. The van der Waals surface area contributed by atoms with Gasteiger partial charge in [-0.05, 0) is 75.6 Å². The molecule has 12 heteroatoms. The first-order chi connectivity index (χ1) is 22.3. The summed E-state index contributed by atoms with van der Waals surface area (Å²) in [6.07, 6.45) is -1.31. The number of likely N-dealkylation sites (N-methyl/N-ethyl adjacent to an activating group) is 3. The first-order valence-electron chi connectivity index (χ1n) is 15.9. The molecule has 0 bridgehead atoms. The number of hydrogen-bond donors (Lipinski definition) is 1. The van der Waals surface area contributed by atoms with Crippen molar-refractivity contribution in [2.24, 2.45) is 10.8 Å². The van der Waals surface area contributed by atoms with E-state index in [-0.39, 0.29) is 41.4 Å². The van der Waals surface area contributed by atoms with Gasteiger partial charge >= 0.3 is 6.18 Å². The summed E-state index contributed by atoms with van der Waals surface area (Å²) < 4.78 is 56.2. The Kier molecular flexibility index (Phi) is 9.48. The van der Waals surface area contributed by atoms with Crippen LogP contribution in [0.1, 0.15) is 86.2 Å². The molecule has 0 aliphatic heterocycles. The lowest BCUT2D eigenvalue weighted by Gasteiger charge is -2.48. The predicted molar refractivity (Wildman–Crippen MR) is 177 cm³/mol. The number of rotatable bonds is 7. The van der Waals surface area contributed by atoms with E-state index >= 15 is 0 Å². The Hall–Kier alpha value is -4.48. The van der Waals surface area contributed by atoms with Crippen molar-refractivity contribution in [1.82, 2.24) is 20.2 Å². The summed E-state index contributed by atoms with van der Waals surface area (Å²) in [7, 11) is 4.47. The Morgan fingerprint density at radius 1 is 0.755 bits per heavy atom. The van der Waals surface area contributed by atoms with Crippen molar-refractivity contribution in [2.75, 3.05) is 21.1 Å². The molecule has 0 saturated heterocycles. The fourth-order valence-corrected chi connectivity index (χ4v) is 7.04. The van der Waals surface area contributed by atoms with Crippen LogP contribution in [0.4, 0.5) is 17.6 Å². The zero-order valence-electron chi connectivity index (χ0n) is 29.6. The molecule has 2 aliphatic carbocycles. The number of amides is 2. The lowest BCUT2D eigenvalue weighted by Crippen LogP contribution is -2.57. The van der Waals surface area contributed by atoms with E-state index in [1.165, 1.54) is 59.2 Å². The predicted octanol–water partition coefficient (Wildman–Crippen LogP) is 6.72. The zero-order chi connectivity index (χ0) is 37.1. The third kappa shape index (κ3) is 7.00. The van der Waals surface area contributed by atoms with Crippen LogP contribution in [0.5, 0.6) is 0 Å². The minimum atomic E-state index is -4.75. The average molecular weight is 685 g/mol. The smallest absolute Gasteiger partial charge is 0.333 e. The van der Waals surface area contributed by atoms with Crippen LogP contribution in [-0.4, -0.2) is 70.4 Å². The summed E-state index contributed by atoms with van der Waals surface area (Å²) in [5.74, 6) is -2.71. The summed E-state index contributed by atoms with van der Waals surface area (Å²) in [5, 5.41) is 1.37. The van der Waals surface area contributed by atoms with Gasteiger partial charge in [-0.25, -0.2) is 4.39 Å². The highest BCUT2D eigenvalue weighted by Crippen LogP contribution is 2.43. The SMILES string of the molecule is Cc1ccc(C(=O)N(C)[C@]2(C)C=C(N(C)NC3=C[C@@](C)(N(C)C(=O)c4ccccc4C(F)(F)F)CC(C)(C)C3=O)C(=O)C(C)(C)C2)c(F)c1. The summed E-state index contributed by atoms with van der Waals surface area (Å²) >= 11 is 0. The molecule has 264 valence electrons. The van der Waals surface area contributed by atoms with E-state index in [9.17, 15) is 36.7 Å². The van der Waals surface area contributed by atoms with Crippen LogP contribution in [0.25, 0.3) is 0 Å². The standard InChI is InChI=1S/C37H44F4N4O4/c1-22-15-16-24(26(38)17-22)32(49)44(9)36(7)19-28(30(47)34(4,5)21-36)45(10)42-27-18-35(6,20-33(2,3)29(27)46)43(8)31(48)23-13-11-12-14-25(23)37(39,40)41/h11-19,42H,20-21H2,1-10H3/t35-,36-/m1/s1. The maximum atomic E-state index is 14.8. The van der Waals surface area contributed by atoms with E-state index in [0.29, 0.717) is 5.56 Å². The van der Waals surface area contributed by atoms with Crippen molar-refractivity contribution in [3.05, 3.63) is 94.1 Å². The van der Waals surface area contributed by atoms with Gasteiger partial charge in [0.05, 0.1) is 39.2 Å². The van der Waals surface area contributed by atoms with E-state index in [0.717, 1.165) is 12.1 Å². The molecule has 4 rings (SSSR count). The molecule has 0 radical (unpaired) electrons. The fourth-order valence-electron chi connectivity index (χ4n) is 7.04. The van der Waals surface area contributed by atoms with Gasteiger partial charge in [0.15, 0.2) is 11.6 Å². The van der Waals surface area contributed by atoms with Gasteiger partial charge < -0.3 is 9.80 Å². The Balaban J connectivity index is 1.72. The molecule has 2 aromatic carbocycles. The molecule has 2 atom stereocenters. The molecule has 0 unspecified atom stereocenters.